The number of benzene rings is 2. The normalized spacial score (nSPS) is 9.55. The van der Waals surface area contributed by atoms with E-state index in [0.29, 0.717) is 0 Å². The Kier molecular flexibility index (Phi) is 18.6. The summed E-state index contributed by atoms with van der Waals surface area (Å²) in [5.74, 6) is 0. The molecule has 0 saturated heterocycles. The Hall–Kier alpha value is -0.263. The molecule has 0 aliphatic heterocycles. The summed E-state index contributed by atoms with van der Waals surface area (Å²) in [6.45, 7) is 0. The summed E-state index contributed by atoms with van der Waals surface area (Å²) in [6, 6.07) is 20.3. The zero-order valence-electron chi connectivity index (χ0n) is 13.0. The van der Waals surface area contributed by atoms with Gasteiger partial charge in [0.1, 0.15) is 0 Å². The van der Waals surface area contributed by atoms with Crippen molar-refractivity contribution in [2.45, 2.75) is 0 Å². The predicted molar refractivity (Wildman–Crippen MR) is 95.3 cm³/mol. The molecule has 114 valence electrons. The fraction of sp³-hybridized carbons (Fsp3) is 0.111. The Morgan fingerprint density at radius 2 is 1.00 bits per heavy atom. The van der Waals surface area contributed by atoms with Gasteiger partial charge in [0.05, 0.1) is 0 Å². The molecular weight excluding hydrogens is 351 g/mol. The molecule has 0 aromatic heterocycles. The quantitative estimate of drug-likeness (QED) is 0.601. The number of rotatable bonds is 4. The molecule has 0 atom stereocenters. The van der Waals surface area contributed by atoms with Crippen molar-refractivity contribution >= 4 is 35.7 Å². The number of hydrogen-bond acceptors (Lipinski definition) is 2. The average molecular weight is 369 g/mol. The van der Waals surface area contributed by atoms with Crippen LogP contribution in [-0.2, 0) is 17.1 Å². The van der Waals surface area contributed by atoms with Crippen molar-refractivity contribution < 1.29 is 35.9 Å². The van der Waals surface area contributed by atoms with E-state index in [0.717, 1.165) is 0 Å². The van der Waals surface area contributed by atoms with Crippen molar-refractivity contribution in [1.82, 2.24) is 0 Å². The van der Waals surface area contributed by atoms with E-state index in [-0.39, 0.29) is 35.9 Å². The third-order valence-electron chi connectivity index (χ3n) is 2.29. The van der Waals surface area contributed by atoms with Gasteiger partial charge in [-0.1, -0.05) is 36.4 Å². The van der Waals surface area contributed by atoms with Crippen molar-refractivity contribution in [1.29, 1.82) is 0 Å². The average Bonchev–Trinajstić information content (AvgIpc) is 2.53. The molecule has 0 heterocycles. The second kappa shape index (κ2) is 17.1. The van der Waals surface area contributed by atoms with Gasteiger partial charge < -0.3 is 0 Å². The van der Waals surface area contributed by atoms with Crippen molar-refractivity contribution in [3.05, 3.63) is 82.6 Å². The predicted octanol–water partition coefficient (Wildman–Crippen LogP) is 2.65. The molecule has 0 unspecified atom stereocenters. The number of hydrogen-bond donors (Lipinski definition) is 0. The van der Waals surface area contributed by atoms with Crippen LogP contribution in [0.3, 0.4) is 0 Å². The minimum absolute atomic E-state index is 0. The smallest absolute Gasteiger partial charge is 0.249 e. The second-order valence-corrected chi connectivity index (χ2v) is 5.04. The molecule has 0 aliphatic carbocycles. The van der Waals surface area contributed by atoms with Gasteiger partial charge in [-0.15, -0.1) is 24.3 Å². The molecule has 0 radical (unpaired) electrons. The van der Waals surface area contributed by atoms with E-state index in [1.54, 1.807) is 23.5 Å². The molecule has 22 heavy (non-hydrogen) atoms. The molecule has 4 heteroatoms. The van der Waals surface area contributed by atoms with Gasteiger partial charge in [0.25, 0.3) is 0 Å². The minimum atomic E-state index is 0. The van der Waals surface area contributed by atoms with Crippen molar-refractivity contribution in [3.8, 4) is 0 Å². The molecule has 0 amide bonds. The van der Waals surface area contributed by atoms with E-state index in [2.05, 4.69) is 35.1 Å². The van der Waals surface area contributed by atoms with E-state index in [4.69, 9.17) is 0 Å². The third-order valence-corrected chi connectivity index (χ3v) is 2.99. The van der Waals surface area contributed by atoms with Crippen LogP contribution >= 0.6 is 23.5 Å². The van der Waals surface area contributed by atoms with Crippen LogP contribution in [0.25, 0.3) is 12.2 Å². The summed E-state index contributed by atoms with van der Waals surface area (Å²) in [4.78, 5) is 0. The molecule has 0 saturated carbocycles. The molecule has 2 aromatic rings. The molecule has 2 rings (SSSR count). The van der Waals surface area contributed by atoms with Crippen LogP contribution in [-0.4, -0.2) is 12.5 Å². The van der Waals surface area contributed by atoms with Gasteiger partial charge in [0.15, 0.2) is 0 Å². The van der Waals surface area contributed by atoms with E-state index in [9.17, 15) is 0 Å². The van der Waals surface area contributed by atoms with Crippen LogP contribution in [0.15, 0.2) is 60.7 Å². The fourth-order valence-electron chi connectivity index (χ4n) is 1.35. The van der Waals surface area contributed by atoms with Gasteiger partial charge >= 0.3 is 35.9 Å². The maximum absolute atomic E-state index is 3.06. The number of thioether (sulfide) groups is 2. The molecule has 0 nitrogen and oxygen atoms in total. The summed E-state index contributed by atoms with van der Waals surface area (Å²) in [5.41, 5.74) is 2.41. The van der Waals surface area contributed by atoms with Gasteiger partial charge in [0.2, 0.25) is 0 Å². The minimum Gasteiger partial charge on any atom is -0.249 e. The van der Waals surface area contributed by atoms with E-state index >= 15 is 0 Å². The first-order valence-electron chi connectivity index (χ1n) is 6.20. The Labute approximate surface area is 165 Å². The summed E-state index contributed by atoms with van der Waals surface area (Å²) in [5, 5.41) is 6.11. The summed E-state index contributed by atoms with van der Waals surface area (Å²) < 4.78 is 0. The molecule has 0 fully saturated rings. The Morgan fingerprint density at radius 3 is 1.27 bits per heavy atom. The molecule has 0 aliphatic rings. The van der Waals surface area contributed by atoms with E-state index < -0.39 is 0 Å². The molecule has 0 N–H and O–H groups in total. The molecule has 2 aromatic carbocycles. The van der Waals surface area contributed by atoms with Crippen LogP contribution in [0.5, 0.6) is 0 Å². The van der Waals surface area contributed by atoms with Gasteiger partial charge in [-0.3, -0.25) is 0 Å². The van der Waals surface area contributed by atoms with Crippen molar-refractivity contribution in [2.75, 3.05) is 12.5 Å². The maximum atomic E-state index is 3.06. The van der Waals surface area contributed by atoms with Crippen LogP contribution in [0, 0.1) is 10.8 Å². The SMILES string of the molecule is CS[C-]=Cc1ccccc1.CS[C-]=Cc1ccccc1.[Cu+].[Li+]. The molecule has 0 bridgehead atoms. The van der Waals surface area contributed by atoms with Crippen molar-refractivity contribution in [2.24, 2.45) is 0 Å². The zero-order chi connectivity index (χ0) is 14.5. The molecular formula is C18H18CuLiS2. The van der Waals surface area contributed by atoms with Gasteiger partial charge in [-0.05, 0) is 12.5 Å². The Balaban J connectivity index is 0. The standard InChI is InChI=1S/2C9H9S.Cu.Li/c2*1-10-8-7-9-5-3-2-4-6-9;;/h2*2-7H,1H3;;/q2*-1;2*+1. The third kappa shape index (κ3) is 12.3. The monoisotopic (exact) mass is 368 g/mol. The topological polar surface area (TPSA) is 0 Å². The summed E-state index contributed by atoms with van der Waals surface area (Å²) in [6.07, 6.45) is 7.95. The van der Waals surface area contributed by atoms with Crippen LogP contribution in [0.4, 0.5) is 0 Å². The van der Waals surface area contributed by atoms with E-state index in [1.165, 1.54) is 11.1 Å². The van der Waals surface area contributed by atoms with Gasteiger partial charge in [-0.2, -0.15) is 11.1 Å². The van der Waals surface area contributed by atoms with Gasteiger partial charge in [-0.25, -0.2) is 46.5 Å². The summed E-state index contributed by atoms with van der Waals surface area (Å²) in [7, 11) is 0. The fourth-order valence-corrected chi connectivity index (χ4v) is 1.86. The van der Waals surface area contributed by atoms with Gasteiger partial charge in [0, 0.05) is 0 Å². The van der Waals surface area contributed by atoms with Crippen LogP contribution < -0.4 is 18.9 Å². The first-order valence-corrected chi connectivity index (χ1v) is 8.65. The Bertz CT molecular complexity index is 464. The first-order chi connectivity index (χ1) is 9.86. The zero-order valence-corrected chi connectivity index (χ0v) is 15.6. The first kappa shape index (κ1) is 24.0. The van der Waals surface area contributed by atoms with Crippen LogP contribution in [0.2, 0.25) is 0 Å². The Morgan fingerprint density at radius 1 is 0.682 bits per heavy atom. The van der Waals surface area contributed by atoms with Crippen LogP contribution in [0.1, 0.15) is 11.1 Å². The molecule has 0 spiro atoms. The van der Waals surface area contributed by atoms with Crippen molar-refractivity contribution in [3.63, 3.8) is 0 Å². The van der Waals surface area contributed by atoms with E-state index in [1.807, 2.05) is 61.1 Å². The second-order valence-electron chi connectivity index (χ2n) is 3.75. The summed E-state index contributed by atoms with van der Waals surface area (Å²) >= 11 is 3.18. The maximum Gasteiger partial charge on any atom is 1.00 e. The largest absolute Gasteiger partial charge is 1.00 e.